The van der Waals surface area contributed by atoms with Crippen molar-refractivity contribution in [1.29, 1.82) is 0 Å². The van der Waals surface area contributed by atoms with Crippen molar-refractivity contribution in [3.63, 3.8) is 0 Å². The Kier molecular flexibility index (Phi) is 4.38. The second kappa shape index (κ2) is 4.21. The standard InChI is InChI=1S/C5H9ClOS/c1-4(3-8)2-5(6)7/h4,8H,2-3H2,1H3. The summed E-state index contributed by atoms with van der Waals surface area (Å²) in [6, 6.07) is 0. The number of rotatable bonds is 3. The molecule has 0 saturated carbocycles. The van der Waals surface area contributed by atoms with E-state index in [2.05, 4.69) is 12.6 Å². The quantitative estimate of drug-likeness (QED) is 0.481. The first-order valence-electron chi connectivity index (χ1n) is 2.46. The third kappa shape index (κ3) is 4.47. The van der Waals surface area contributed by atoms with Gasteiger partial charge in [0.1, 0.15) is 0 Å². The van der Waals surface area contributed by atoms with Crippen molar-refractivity contribution in [2.24, 2.45) is 5.92 Å². The summed E-state index contributed by atoms with van der Waals surface area (Å²) in [7, 11) is 0. The molecule has 0 heterocycles. The summed E-state index contributed by atoms with van der Waals surface area (Å²) >= 11 is 9.06. The number of carbonyl (C=O) groups is 1. The van der Waals surface area contributed by atoms with Crippen molar-refractivity contribution in [2.75, 3.05) is 5.75 Å². The van der Waals surface area contributed by atoms with Gasteiger partial charge in [-0.3, -0.25) is 4.79 Å². The fourth-order valence-corrected chi connectivity index (χ4v) is 0.731. The summed E-state index contributed by atoms with van der Waals surface area (Å²) in [4.78, 5) is 10.1. The van der Waals surface area contributed by atoms with Crippen molar-refractivity contribution < 1.29 is 4.79 Å². The van der Waals surface area contributed by atoms with Crippen LogP contribution in [0.3, 0.4) is 0 Å². The van der Waals surface area contributed by atoms with Gasteiger partial charge >= 0.3 is 0 Å². The van der Waals surface area contributed by atoms with Crippen LogP contribution in [0, 0.1) is 5.92 Å². The Balaban J connectivity index is 3.24. The summed E-state index contributed by atoms with van der Waals surface area (Å²) in [5, 5.41) is -0.272. The maximum Gasteiger partial charge on any atom is 0.221 e. The van der Waals surface area contributed by atoms with Gasteiger partial charge in [-0.15, -0.1) is 0 Å². The minimum absolute atomic E-state index is 0.272. The molecule has 0 aromatic carbocycles. The van der Waals surface area contributed by atoms with Crippen molar-refractivity contribution in [3.8, 4) is 0 Å². The molecule has 8 heavy (non-hydrogen) atoms. The zero-order valence-corrected chi connectivity index (χ0v) is 6.38. The molecule has 1 unspecified atom stereocenters. The zero-order valence-electron chi connectivity index (χ0n) is 4.72. The van der Waals surface area contributed by atoms with Crippen LogP contribution in [0.25, 0.3) is 0 Å². The topological polar surface area (TPSA) is 17.1 Å². The van der Waals surface area contributed by atoms with Crippen LogP contribution in [0.15, 0.2) is 0 Å². The monoisotopic (exact) mass is 152 g/mol. The lowest BCUT2D eigenvalue weighted by molar-refractivity contribution is -0.112. The van der Waals surface area contributed by atoms with Crippen molar-refractivity contribution in [3.05, 3.63) is 0 Å². The smallest absolute Gasteiger partial charge is 0.221 e. The largest absolute Gasteiger partial charge is 0.281 e. The van der Waals surface area contributed by atoms with E-state index < -0.39 is 0 Å². The van der Waals surface area contributed by atoms with Crippen LogP contribution < -0.4 is 0 Å². The fourth-order valence-electron chi connectivity index (χ4n) is 0.339. The molecule has 0 aliphatic carbocycles. The maximum atomic E-state index is 10.1. The summed E-state index contributed by atoms with van der Waals surface area (Å²) in [5.41, 5.74) is 0. The highest BCUT2D eigenvalue weighted by Gasteiger charge is 2.02. The van der Waals surface area contributed by atoms with Crippen LogP contribution in [0.1, 0.15) is 13.3 Å². The van der Waals surface area contributed by atoms with E-state index in [1.165, 1.54) is 0 Å². The Morgan fingerprint density at radius 2 is 2.38 bits per heavy atom. The molecule has 0 rings (SSSR count). The molecule has 48 valence electrons. The lowest BCUT2D eigenvalue weighted by atomic mass is 10.1. The van der Waals surface area contributed by atoms with Gasteiger partial charge in [0, 0.05) is 6.42 Å². The van der Waals surface area contributed by atoms with Crippen LogP contribution >= 0.6 is 24.2 Å². The molecule has 0 spiro atoms. The molecule has 0 amide bonds. The van der Waals surface area contributed by atoms with Gasteiger partial charge in [-0.05, 0) is 23.3 Å². The molecular weight excluding hydrogens is 144 g/mol. The zero-order chi connectivity index (χ0) is 6.57. The second-order valence-electron chi connectivity index (χ2n) is 1.85. The van der Waals surface area contributed by atoms with Crippen LogP contribution in [-0.4, -0.2) is 11.0 Å². The van der Waals surface area contributed by atoms with Crippen molar-refractivity contribution >= 4 is 29.5 Å². The average Bonchev–Trinajstić information content (AvgIpc) is 1.65. The summed E-state index contributed by atoms with van der Waals surface area (Å²) in [5.74, 6) is 1.03. The Morgan fingerprint density at radius 1 is 1.88 bits per heavy atom. The molecule has 1 atom stereocenters. The first-order chi connectivity index (χ1) is 3.66. The first kappa shape index (κ1) is 8.31. The first-order valence-corrected chi connectivity index (χ1v) is 3.47. The maximum absolute atomic E-state index is 10.1. The van der Waals surface area contributed by atoms with Crippen LogP contribution in [0.4, 0.5) is 0 Å². The molecule has 0 fully saturated rings. The number of halogens is 1. The minimum Gasteiger partial charge on any atom is -0.281 e. The van der Waals surface area contributed by atoms with Gasteiger partial charge in [0.15, 0.2) is 0 Å². The molecule has 0 aliphatic heterocycles. The Bertz CT molecular complexity index is 84.5. The molecule has 0 bridgehead atoms. The van der Waals surface area contributed by atoms with Crippen LogP contribution in [-0.2, 0) is 4.79 Å². The highest BCUT2D eigenvalue weighted by molar-refractivity contribution is 7.80. The molecule has 0 aromatic rings. The third-order valence-corrected chi connectivity index (χ3v) is 1.60. The van der Waals surface area contributed by atoms with Gasteiger partial charge in [-0.2, -0.15) is 12.6 Å². The molecule has 0 radical (unpaired) electrons. The minimum atomic E-state index is -0.272. The predicted molar refractivity (Wildman–Crippen MR) is 38.5 cm³/mol. The molecular formula is C5H9ClOS. The van der Waals surface area contributed by atoms with Crippen molar-refractivity contribution in [1.82, 2.24) is 0 Å². The van der Waals surface area contributed by atoms with Crippen molar-refractivity contribution in [2.45, 2.75) is 13.3 Å². The van der Waals surface area contributed by atoms with E-state index >= 15 is 0 Å². The number of carbonyl (C=O) groups excluding carboxylic acids is 1. The SMILES string of the molecule is CC(CS)CC(=O)Cl. The number of hydrogen-bond donors (Lipinski definition) is 1. The highest BCUT2D eigenvalue weighted by atomic mass is 35.5. The van der Waals surface area contributed by atoms with Gasteiger partial charge < -0.3 is 0 Å². The van der Waals surface area contributed by atoms with E-state index in [0.717, 1.165) is 5.75 Å². The molecule has 0 aromatic heterocycles. The molecule has 0 N–H and O–H groups in total. The third-order valence-electron chi connectivity index (χ3n) is 0.821. The predicted octanol–water partition coefficient (Wildman–Crippen LogP) is 1.71. The van der Waals surface area contributed by atoms with Crippen LogP contribution in [0.5, 0.6) is 0 Å². The number of thiol groups is 1. The molecule has 1 nitrogen and oxygen atoms in total. The molecule has 3 heteroatoms. The normalized spacial score (nSPS) is 13.4. The fraction of sp³-hybridized carbons (Fsp3) is 0.800. The molecule has 0 saturated heterocycles. The van der Waals surface area contributed by atoms with Gasteiger partial charge in [0.2, 0.25) is 5.24 Å². The van der Waals surface area contributed by atoms with E-state index in [0.29, 0.717) is 12.3 Å². The lowest BCUT2D eigenvalue weighted by Gasteiger charge is -2.00. The van der Waals surface area contributed by atoms with E-state index in [-0.39, 0.29) is 5.24 Å². The highest BCUT2D eigenvalue weighted by Crippen LogP contribution is 2.05. The summed E-state index contributed by atoms with van der Waals surface area (Å²) in [6.45, 7) is 1.94. The Morgan fingerprint density at radius 3 is 2.50 bits per heavy atom. The van der Waals surface area contributed by atoms with Gasteiger partial charge in [0.25, 0.3) is 0 Å². The number of hydrogen-bond acceptors (Lipinski definition) is 2. The second-order valence-corrected chi connectivity index (χ2v) is 2.63. The van der Waals surface area contributed by atoms with E-state index in [1.54, 1.807) is 0 Å². The van der Waals surface area contributed by atoms with E-state index in [9.17, 15) is 4.79 Å². The molecule has 0 aliphatic rings. The van der Waals surface area contributed by atoms with Crippen LogP contribution in [0.2, 0.25) is 0 Å². The van der Waals surface area contributed by atoms with E-state index in [1.807, 2.05) is 6.92 Å². The average molecular weight is 153 g/mol. The summed E-state index contributed by atoms with van der Waals surface area (Å²) < 4.78 is 0. The Labute approximate surface area is 59.8 Å². The Hall–Kier alpha value is 0.310. The summed E-state index contributed by atoms with van der Waals surface area (Å²) in [6.07, 6.45) is 0.436. The van der Waals surface area contributed by atoms with E-state index in [4.69, 9.17) is 11.6 Å². The lowest BCUT2D eigenvalue weighted by Crippen LogP contribution is -2.00. The van der Waals surface area contributed by atoms with Gasteiger partial charge in [-0.1, -0.05) is 6.92 Å². The van der Waals surface area contributed by atoms with Gasteiger partial charge in [0.05, 0.1) is 0 Å². The van der Waals surface area contributed by atoms with Gasteiger partial charge in [-0.25, -0.2) is 0 Å².